The lowest BCUT2D eigenvalue weighted by Crippen LogP contribution is -2.09. The molecule has 1 aromatic heterocycles. The number of rotatable bonds is 5. The third-order valence-corrected chi connectivity index (χ3v) is 12.0. The summed E-state index contributed by atoms with van der Waals surface area (Å²) in [5, 5.41) is 14.5. The van der Waals surface area contributed by atoms with Crippen LogP contribution in [0.5, 0.6) is 0 Å². The van der Waals surface area contributed by atoms with Crippen molar-refractivity contribution in [3.63, 3.8) is 0 Å². The molecule has 270 valence electrons. The fraction of sp³-hybridized carbons (Fsp3) is 0. The SMILES string of the molecule is c1ccc(-c2ccc(N(c3ccc4c(c3)oc3c(-c5cccc6ccccc56)c5ccccc5cc34)c3ccc4c5ccccc5c5ccccc5c4c3)cc2)cc1. The van der Waals surface area contributed by atoms with E-state index in [1.54, 1.807) is 0 Å². The molecule has 11 aromatic carbocycles. The number of anilines is 3. The molecule has 0 saturated heterocycles. The summed E-state index contributed by atoms with van der Waals surface area (Å²) < 4.78 is 7.08. The zero-order chi connectivity index (χ0) is 38.2. The van der Waals surface area contributed by atoms with Gasteiger partial charge in [-0.3, -0.25) is 0 Å². The molecule has 0 radical (unpaired) electrons. The van der Waals surface area contributed by atoms with Crippen LogP contribution in [0.15, 0.2) is 217 Å². The number of hydrogen-bond acceptors (Lipinski definition) is 2. The van der Waals surface area contributed by atoms with Crippen LogP contribution >= 0.6 is 0 Å². The lowest BCUT2D eigenvalue weighted by molar-refractivity contribution is 0.670. The van der Waals surface area contributed by atoms with Gasteiger partial charge in [0.25, 0.3) is 0 Å². The van der Waals surface area contributed by atoms with E-state index in [0.717, 1.165) is 44.6 Å². The van der Waals surface area contributed by atoms with Crippen molar-refractivity contribution in [2.75, 3.05) is 4.90 Å². The van der Waals surface area contributed by atoms with Gasteiger partial charge in [-0.05, 0) is 113 Å². The molecular weight excluding hydrogens is 703 g/mol. The van der Waals surface area contributed by atoms with Gasteiger partial charge in [-0.2, -0.15) is 0 Å². The topological polar surface area (TPSA) is 16.4 Å². The highest BCUT2D eigenvalue weighted by atomic mass is 16.3. The molecule has 0 aliphatic heterocycles. The van der Waals surface area contributed by atoms with Crippen molar-refractivity contribution in [3.8, 4) is 22.3 Å². The van der Waals surface area contributed by atoms with Crippen LogP contribution in [0.4, 0.5) is 17.1 Å². The van der Waals surface area contributed by atoms with Crippen LogP contribution in [0.1, 0.15) is 0 Å². The van der Waals surface area contributed by atoms with Gasteiger partial charge < -0.3 is 9.32 Å². The summed E-state index contributed by atoms with van der Waals surface area (Å²) >= 11 is 0. The fourth-order valence-electron chi connectivity index (χ4n) is 9.33. The molecule has 0 saturated carbocycles. The van der Waals surface area contributed by atoms with Crippen LogP contribution in [0, 0.1) is 0 Å². The first-order valence-electron chi connectivity index (χ1n) is 19.9. The van der Waals surface area contributed by atoms with Crippen LogP contribution in [-0.4, -0.2) is 0 Å². The molecule has 12 rings (SSSR count). The second-order valence-electron chi connectivity index (χ2n) is 15.2. The van der Waals surface area contributed by atoms with Gasteiger partial charge in [-0.25, -0.2) is 0 Å². The minimum atomic E-state index is 0.854. The van der Waals surface area contributed by atoms with E-state index in [2.05, 4.69) is 217 Å². The highest BCUT2D eigenvalue weighted by molar-refractivity contribution is 6.26. The van der Waals surface area contributed by atoms with E-state index in [-0.39, 0.29) is 0 Å². The molecule has 0 spiro atoms. The number of nitrogens with zero attached hydrogens (tertiary/aromatic N) is 1. The molecule has 0 fully saturated rings. The van der Waals surface area contributed by atoms with Gasteiger partial charge in [0.15, 0.2) is 0 Å². The molecule has 0 amide bonds. The van der Waals surface area contributed by atoms with E-state index < -0.39 is 0 Å². The molecule has 0 aliphatic rings. The largest absolute Gasteiger partial charge is 0.455 e. The Morgan fingerprint density at radius 3 is 1.53 bits per heavy atom. The normalized spacial score (nSPS) is 11.8. The molecule has 12 aromatic rings. The van der Waals surface area contributed by atoms with Gasteiger partial charge in [0.1, 0.15) is 11.2 Å². The Bertz CT molecular complexity index is 3520. The van der Waals surface area contributed by atoms with Crippen molar-refractivity contribution < 1.29 is 4.42 Å². The number of fused-ring (bicyclic) bond motifs is 11. The van der Waals surface area contributed by atoms with Gasteiger partial charge in [-0.15, -0.1) is 0 Å². The molecule has 2 heteroatoms. The van der Waals surface area contributed by atoms with Crippen molar-refractivity contribution >= 4 is 92.9 Å². The third kappa shape index (κ3) is 5.05. The summed E-state index contributed by atoms with van der Waals surface area (Å²) in [6.07, 6.45) is 0. The molecule has 0 bridgehead atoms. The number of hydrogen-bond donors (Lipinski definition) is 0. The van der Waals surface area contributed by atoms with Crippen LogP contribution < -0.4 is 4.90 Å². The van der Waals surface area contributed by atoms with E-state index >= 15 is 0 Å². The Labute approximate surface area is 335 Å². The molecule has 1 heterocycles. The summed E-state index contributed by atoms with van der Waals surface area (Å²) in [6.45, 7) is 0. The Hall–Kier alpha value is -7.68. The van der Waals surface area contributed by atoms with E-state index in [0.29, 0.717) is 0 Å². The van der Waals surface area contributed by atoms with E-state index in [1.165, 1.54) is 70.6 Å². The Morgan fingerprint density at radius 1 is 0.293 bits per heavy atom. The maximum absolute atomic E-state index is 7.08. The quantitative estimate of drug-likeness (QED) is 0.164. The zero-order valence-corrected chi connectivity index (χ0v) is 31.6. The van der Waals surface area contributed by atoms with Crippen LogP contribution in [0.25, 0.3) is 98.1 Å². The number of benzene rings is 11. The lowest BCUT2D eigenvalue weighted by atomic mass is 9.92. The fourth-order valence-corrected chi connectivity index (χ4v) is 9.33. The van der Waals surface area contributed by atoms with Crippen LogP contribution in [-0.2, 0) is 0 Å². The maximum atomic E-state index is 7.08. The molecule has 0 aliphatic carbocycles. The van der Waals surface area contributed by atoms with E-state index in [4.69, 9.17) is 4.42 Å². The first-order valence-corrected chi connectivity index (χ1v) is 19.9. The maximum Gasteiger partial charge on any atom is 0.143 e. The standard InChI is InChI=1S/C56H35NO/c1-2-13-36(14-3-1)37-25-27-40(28-26-37)57(41-29-31-49-47-22-9-8-20-45(47)46-21-10-11-23-48(46)52(49)34-41)42-30-32-50-53-33-39-16-5-7-19-44(39)55(56(53)58-54(50)35-42)51-24-12-17-38-15-4-6-18-43(38)51/h1-35H. The molecule has 58 heavy (non-hydrogen) atoms. The smallest absolute Gasteiger partial charge is 0.143 e. The summed E-state index contributed by atoms with van der Waals surface area (Å²) in [7, 11) is 0. The third-order valence-electron chi connectivity index (χ3n) is 12.0. The van der Waals surface area contributed by atoms with Gasteiger partial charge in [0.2, 0.25) is 0 Å². The molecule has 0 unspecified atom stereocenters. The van der Waals surface area contributed by atoms with Crippen LogP contribution in [0.2, 0.25) is 0 Å². The van der Waals surface area contributed by atoms with Crippen molar-refractivity contribution in [1.82, 2.24) is 0 Å². The van der Waals surface area contributed by atoms with Gasteiger partial charge >= 0.3 is 0 Å². The second kappa shape index (κ2) is 12.9. The lowest BCUT2D eigenvalue weighted by Gasteiger charge is -2.26. The highest BCUT2D eigenvalue weighted by Gasteiger charge is 2.21. The molecule has 2 nitrogen and oxygen atoms in total. The highest BCUT2D eigenvalue weighted by Crippen LogP contribution is 2.46. The molecule has 0 N–H and O–H groups in total. The summed E-state index contributed by atoms with van der Waals surface area (Å²) in [5.41, 5.74) is 9.63. The van der Waals surface area contributed by atoms with Crippen molar-refractivity contribution in [3.05, 3.63) is 212 Å². The van der Waals surface area contributed by atoms with Crippen molar-refractivity contribution in [2.45, 2.75) is 0 Å². The minimum Gasteiger partial charge on any atom is -0.455 e. The predicted molar refractivity (Wildman–Crippen MR) is 247 cm³/mol. The first kappa shape index (κ1) is 32.6. The first-order chi connectivity index (χ1) is 28.8. The van der Waals surface area contributed by atoms with E-state index in [1.807, 2.05) is 0 Å². The molecular formula is C56H35NO. The van der Waals surface area contributed by atoms with Crippen LogP contribution in [0.3, 0.4) is 0 Å². The average molecular weight is 738 g/mol. The minimum absolute atomic E-state index is 0.854. The Morgan fingerprint density at radius 2 is 0.810 bits per heavy atom. The Balaban J connectivity index is 1.10. The van der Waals surface area contributed by atoms with Crippen molar-refractivity contribution in [1.29, 1.82) is 0 Å². The summed E-state index contributed by atoms with van der Waals surface area (Å²) in [4.78, 5) is 2.37. The summed E-state index contributed by atoms with van der Waals surface area (Å²) in [6, 6.07) is 76.9. The van der Waals surface area contributed by atoms with Gasteiger partial charge in [0, 0.05) is 39.5 Å². The number of furan rings is 1. The second-order valence-corrected chi connectivity index (χ2v) is 15.2. The zero-order valence-electron chi connectivity index (χ0n) is 31.6. The molecule has 0 atom stereocenters. The van der Waals surface area contributed by atoms with Gasteiger partial charge in [0.05, 0.1) is 0 Å². The monoisotopic (exact) mass is 737 g/mol. The predicted octanol–water partition coefficient (Wildman–Crippen LogP) is 16.2. The average Bonchev–Trinajstić information content (AvgIpc) is 3.66. The van der Waals surface area contributed by atoms with Crippen molar-refractivity contribution in [2.24, 2.45) is 0 Å². The van der Waals surface area contributed by atoms with Gasteiger partial charge in [-0.1, -0.05) is 164 Å². The van der Waals surface area contributed by atoms with E-state index in [9.17, 15) is 0 Å². The Kier molecular flexibility index (Phi) is 7.26. The summed E-state index contributed by atoms with van der Waals surface area (Å²) in [5.74, 6) is 0.